The Morgan fingerprint density at radius 3 is 1.53 bits per heavy atom. The molecule has 0 bridgehead atoms. The molecule has 1 aliphatic rings. The minimum atomic E-state index is -4.70. The maximum atomic E-state index is 13.2. The Labute approximate surface area is 352 Å². The van der Waals surface area contributed by atoms with Gasteiger partial charge in [-0.1, -0.05) is 13.8 Å². The first kappa shape index (κ1) is 43.0. The van der Waals surface area contributed by atoms with Gasteiger partial charge in [0.1, 0.15) is 59.0 Å². The van der Waals surface area contributed by atoms with Crippen molar-refractivity contribution in [1.82, 2.24) is 48.3 Å². The number of aromatic nitrogens is 10. The van der Waals surface area contributed by atoms with Gasteiger partial charge in [-0.3, -0.25) is 28.3 Å². The van der Waals surface area contributed by atoms with Crippen LogP contribution in [0.5, 0.6) is 0 Å². The predicted octanol–water partition coefficient (Wildman–Crippen LogP) is 6.47. The van der Waals surface area contributed by atoms with E-state index in [0.717, 1.165) is 63.2 Å². The smallest absolute Gasteiger partial charge is 0.309 e. The summed E-state index contributed by atoms with van der Waals surface area (Å²) in [6.07, 6.45) is -2.93. The molecule has 9 rings (SSSR count). The molecule has 0 aliphatic heterocycles. The Bertz CT molecular complexity index is 3040. The average molecular weight is 895 g/mol. The van der Waals surface area contributed by atoms with Gasteiger partial charge in [0.2, 0.25) is 11.8 Å². The summed E-state index contributed by atoms with van der Waals surface area (Å²) in [4.78, 5) is 66.3. The molecule has 16 nitrogen and oxygen atoms in total. The normalized spacial score (nSPS) is 13.2. The van der Waals surface area contributed by atoms with E-state index in [2.05, 4.69) is 40.8 Å². The summed E-state index contributed by atoms with van der Waals surface area (Å²) in [5.41, 5.74) is -2.57. The maximum Gasteiger partial charge on any atom is 0.433 e. The molecular formula is C40H30F8N12O4. The van der Waals surface area contributed by atoms with E-state index in [1.807, 2.05) is 13.8 Å². The van der Waals surface area contributed by atoms with E-state index in [9.17, 15) is 54.3 Å². The van der Waals surface area contributed by atoms with Crippen LogP contribution in [0.4, 0.5) is 46.8 Å². The number of hydrogen-bond donors (Lipinski definition) is 2. The number of anilines is 2. The number of rotatable bonds is 8. The molecule has 1 aliphatic carbocycles. The number of carbonyl (C=O) groups excluding carboxylic acids is 2. The summed E-state index contributed by atoms with van der Waals surface area (Å²) in [6, 6.07) is 8.22. The van der Waals surface area contributed by atoms with Crippen molar-refractivity contribution in [2.75, 3.05) is 10.6 Å². The molecule has 0 saturated heterocycles. The van der Waals surface area contributed by atoms with Crippen molar-refractivity contribution < 1.29 is 44.7 Å². The minimum Gasteiger partial charge on any atom is -0.309 e. The highest BCUT2D eigenvalue weighted by molar-refractivity contribution is 5.91. The third-order valence-electron chi connectivity index (χ3n) is 9.97. The van der Waals surface area contributed by atoms with Crippen LogP contribution in [-0.2, 0) is 35.0 Å². The van der Waals surface area contributed by atoms with Crippen molar-refractivity contribution in [3.8, 4) is 0 Å². The highest BCUT2D eigenvalue weighted by Gasteiger charge is 2.35. The molecule has 0 spiro atoms. The monoisotopic (exact) mass is 894 g/mol. The van der Waals surface area contributed by atoms with E-state index in [1.54, 1.807) is 0 Å². The topological polar surface area (TPSA) is 188 Å². The van der Waals surface area contributed by atoms with Crippen LogP contribution in [-0.4, -0.2) is 60.1 Å². The lowest BCUT2D eigenvalue weighted by atomic mass is 10.1. The SMILES string of the molecule is CC(C)c1cnn2c3nc(C(F)(F)F)ccc3c(=O)n(CC(=O)Nc3ccc(F)cn3)c12.O=C(Cn1c(=O)c2ccc(C(F)(F)F)nc2n2ncc(C3CC3)c12)Nc1ccc(F)cn1. The van der Waals surface area contributed by atoms with Gasteiger partial charge in [-0.05, 0) is 73.2 Å². The number of nitrogens with zero attached hydrogens (tertiary/aromatic N) is 10. The molecule has 2 amide bonds. The number of amides is 2. The lowest BCUT2D eigenvalue weighted by Crippen LogP contribution is -2.30. The Balaban J connectivity index is 0.000000175. The Morgan fingerprint density at radius 1 is 0.656 bits per heavy atom. The van der Waals surface area contributed by atoms with Crippen LogP contribution in [0, 0.1) is 11.6 Å². The summed E-state index contributed by atoms with van der Waals surface area (Å²) in [5.74, 6) is -2.29. The van der Waals surface area contributed by atoms with Gasteiger partial charge in [0, 0.05) is 11.1 Å². The zero-order chi connectivity index (χ0) is 45.8. The zero-order valence-corrected chi connectivity index (χ0v) is 33.0. The van der Waals surface area contributed by atoms with Gasteiger partial charge in [0.25, 0.3) is 11.1 Å². The standard InChI is InChI=1S/C20H14F4N6O2.C20H16F4N6O2/c21-11-3-6-15(25-7-11)28-16(31)9-29-18-13(10-1-2-10)8-26-30(18)17-12(19(29)32)4-5-14(27-17)20(22,23)24;1-10(2)13-8-26-30-17-12(4-5-14(27-17)20(22,23)24)19(32)29(18(13)30)9-16(31)28-15-6-3-11(21)7-25-15/h3-8,10H,1-2,9H2,(H,25,28,31);3-8,10H,9H2,1-2H3,(H,25,28,31). The summed E-state index contributed by atoms with van der Waals surface area (Å²) in [5, 5.41) is 13.0. The molecule has 1 fully saturated rings. The van der Waals surface area contributed by atoms with Gasteiger partial charge in [-0.15, -0.1) is 0 Å². The lowest BCUT2D eigenvalue weighted by Gasteiger charge is -2.14. The Morgan fingerprint density at radius 2 is 1.11 bits per heavy atom. The number of alkyl halides is 6. The van der Waals surface area contributed by atoms with Gasteiger partial charge in [0.15, 0.2) is 11.3 Å². The van der Waals surface area contributed by atoms with Crippen molar-refractivity contribution >= 4 is 56.8 Å². The summed E-state index contributed by atoms with van der Waals surface area (Å²) in [6.45, 7) is 2.73. The summed E-state index contributed by atoms with van der Waals surface area (Å²) < 4.78 is 110. The van der Waals surface area contributed by atoms with E-state index >= 15 is 0 Å². The maximum absolute atomic E-state index is 13.2. The van der Waals surface area contributed by atoms with E-state index in [1.165, 1.54) is 29.0 Å². The van der Waals surface area contributed by atoms with Crippen LogP contribution in [0.15, 0.2) is 82.9 Å². The number of carbonyl (C=O) groups is 2. The number of halogens is 8. The van der Waals surface area contributed by atoms with Crippen molar-refractivity contribution in [2.24, 2.45) is 0 Å². The van der Waals surface area contributed by atoms with Crippen LogP contribution in [0.25, 0.3) is 33.4 Å². The molecule has 330 valence electrons. The van der Waals surface area contributed by atoms with Crippen LogP contribution in [0.2, 0.25) is 0 Å². The molecule has 8 aromatic rings. The molecule has 0 unspecified atom stereocenters. The fourth-order valence-electron chi connectivity index (χ4n) is 6.85. The molecule has 0 aromatic carbocycles. The first-order valence-corrected chi connectivity index (χ1v) is 19.1. The molecule has 8 aromatic heterocycles. The van der Waals surface area contributed by atoms with E-state index in [-0.39, 0.29) is 56.8 Å². The molecule has 64 heavy (non-hydrogen) atoms. The number of pyridine rings is 4. The highest BCUT2D eigenvalue weighted by Crippen LogP contribution is 2.42. The summed E-state index contributed by atoms with van der Waals surface area (Å²) >= 11 is 0. The third-order valence-corrected chi connectivity index (χ3v) is 9.97. The minimum absolute atomic E-state index is 0.0790. The van der Waals surface area contributed by atoms with Crippen molar-refractivity contribution in [3.63, 3.8) is 0 Å². The molecule has 2 N–H and O–H groups in total. The number of hydrogen-bond acceptors (Lipinski definition) is 10. The fourth-order valence-corrected chi connectivity index (χ4v) is 6.85. The molecule has 0 atom stereocenters. The number of nitrogens with one attached hydrogen (secondary N) is 2. The first-order valence-electron chi connectivity index (χ1n) is 19.1. The van der Waals surface area contributed by atoms with Crippen molar-refractivity contribution in [3.05, 3.63) is 128 Å². The van der Waals surface area contributed by atoms with Crippen LogP contribution in [0.1, 0.15) is 61.0 Å². The highest BCUT2D eigenvalue weighted by atomic mass is 19.4. The van der Waals surface area contributed by atoms with Gasteiger partial charge in [0.05, 0.1) is 35.6 Å². The third kappa shape index (κ3) is 8.44. The van der Waals surface area contributed by atoms with Gasteiger partial charge < -0.3 is 10.6 Å². The fraction of sp³-hybridized carbons (Fsp3) is 0.250. The largest absolute Gasteiger partial charge is 0.433 e. The van der Waals surface area contributed by atoms with Crippen molar-refractivity contribution in [2.45, 2.75) is 64.0 Å². The summed E-state index contributed by atoms with van der Waals surface area (Å²) in [7, 11) is 0. The zero-order valence-electron chi connectivity index (χ0n) is 33.0. The number of fused-ring (bicyclic) bond motifs is 6. The lowest BCUT2D eigenvalue weighted by molar-refractivity contribution is -0.141. The molecule has 24 heteroatoms. The Kier molecular flexibility index (Phi) is 10.9. The quantitative estimate of drug-likeness (QED) is 0.160. The van der Waals surface area contributed by atoms with E-state index in [0.29, 0.717) is 23.3 Å². The molecule has 0 radical (unpaired) electrons. The molecular weight excluding hydrogens is 865 g/mol. The van der Waals surface area contributed by atoms with Crippen molar-refractivity contribution in [1.29, 1.82) is 0 Å². The second-order valence-electron chi connectivity index (χ2n) is 14.8. The van der Waals surface area contributed by atoms with Crippen LogP contribution in [0.3, 0.4) is 0 Å². The van der Waals surface area contributed by atoms with Crippen LogP contribution >= 0.6 is 0 Å². The Hall–Kier alpha value is -7.66. The van der Waals surface area contributed by atoms with Gasteiger partial charge in [-0.2, -0.15) is 45.6 Å². The van der Waals surface area contributed by atoms with Gasteiger partial charge in [-0.25, -0.2) is 28.7 Å². The van der Waals surface area contributed by atoms with Gasteiger partial charge >= 0.3 is 12.4 Å². The first-order chi connectivity index (χ1) is 30.3. The van der Waals surface area contributed by atoms with E-state index < -0.39 is 71.4 Å². The average Bonchev–Trinajstić information content (AvgIpc) is 3.82. The second kappa shape index (κ2) is 16.2. The molecule has 1 saturated carbocycles. The molecule has 8 heterocycles. The van der Waals surface area contributed by atoms with Crippen LogP contribution < -0.4 is 21.8 Å². The van der Waals surface area contributed by atoms with E-state index in [4.69, 9.17) is 0 Å². The second-order valence-corrected chi connectivity index (χ2v) is 14.8. The predicted molar refractivity (Wildman–Crippen MR) is 211 cm³/mol.